The maximum atomic E-state index is 12.0. The van der Waals surface area contributed by atoms with Crippen molar-refractivity contribution in [2.45, 2.75) is 75.3 Å². The Labute approximate surface area is 135 Å². The third-order valence-electron chi connectivity index (χ3n) is 4.16. The first kappa shape index (κ1) is 19.8. The summed E-state index contributed by atoms with van der Waals surface area (Å²) in [5, 5.41) is 49.9. The van der Waals surface area contributed by atoms with E-state index in [1.54, 1.807) is 0 Å². The van der Waals surface area contributed by atoms with Gasteiger partial charge in [-0.25, -0.2) is 0 Å². The molecule has 1 saturated carbocycles. The van der Waals surface area contributed by atoms with Gasteiger partial charge in [0.2, 0.25) is 0 Å². The highest BCUT2D eigenvalue weighted by molar-refractivity contribution is 5.85. The Balaban J connectivity index is 2.20. The molecular weight excluding hydrogens is 306 g/mol. The molecule has 0 saturated heterocycles. The topological polar surface area (TPSA) is 147 Å². The van der Waals surface area contributed by atoms with E-state index >= 15 is 0 Å². The van der Waals surface area contributed by atoms with Gasteiger partial charge in [-0.2, -0.15) is 0 Å². The van der Waals surface area contributed by atoms with Crippen LogP contribution in [-0.2, 0) is 9.59 Å². The number of carboxylic acid groups (broad SMARTS) is 1. The van der Waals surface area contributed by atoms with Crippen LogP contribution in [0.3, 0.4) is 0 Å². The minimum atomic E-state index is -1.88. The Hall–Kier alpha value is -1.22. The summed E-state index contributed by atoms with van der Waals surface area (Å²) in [4.78, 5) is 22.3. The van der Waals surface area contributed by atoms with Gasteiger partial charge in [-0.1, -0.05) is 19.3 Å². The molecule has 23 heavy (non-hydrogen) atoms. The van der Waals surface area contributed by atoms with Crippen LogP contribution in [0.1, 0.15) is 51.4 Å². The van der Waals surface area contributed by atoms with Gasteiger partial charge in [0.25, 0.3) is 5.91 Å². The summed E-state index contributed by atoms with van der Waals surface area (Å²) in [6.45, 7) is 0.356. The Bertz CT molecular complexity index is 389. The lowest BCUT2D eigenvalue weighted by Gasteiger charge is -2.39. The molecule has 1 aliphatic rings. The van der Waals surface area contributed by atoms with Crippen LogP contribution in [0.15, 0.2) is 0 Å². The van der Waals surface area contributed by atoms with E-state index in [0.717, 1.165) is 19.3 Å². The van der Waals surface area contributed by atoms with Crippen LogP contribution >= 0.6 is 0 Å². The van der Waals surface area contributed by atoms with Gasteiger partial charge in [-0.15, -0.1) is 0 Å². The Morgan fingerprint density at radius 2 is 1.48 bits per heavy atom. The van der Waals surface area contributed by atoms with Crippen LogP contribution in [0.4, 0.5) is 0 Å². The first-order valence-corrected chi connectivity index (χ1v) is 8.03. The number of aliphatic hydroxyl groups is 4. The second-order valence-corrected chi connectivity index (χ2v) is 6.23. The van der Waals surface area contributed by atoms with Gasteiger partial charge in [0.1, 0.15) is 11.7 Å². The molecule has 1 aliphatic carbocycles. The highest BCUT2D eigenvalue weighted by Crippen LogP contribution is 2.29. The largest absolute Gasteiger partial charge is 0.481 e. The summed E-state index contributed by atoms with van der Waals surface area (Å²) >= 11 is 0. The predicted molar refractivity (Wildman–Crippen MR) is 80.6 cm³/mol. The molecule has 0 aromatic heterocycles. The van der Waals surface area contributed by atoms with Crippen molar-refractivity contribution < 1.29 is 35.1 Å². The number of aliphatic hydroxyl groups excluding tert-OH is 3. The third-order valence-corrected chi connectivity index (χ3v) is 4.16. The van der Waals surface area contributed by atoms with Crippen molar-refractivity contribution >= 4 is 11.9 Å². The van der Waals surface area contributed by atoms with Crippen molar-refractivity contribution in [2.24, 2.45) is 0 Å². The van der Waals surface area contributed by atoms with Gasteiger partial charge < -0.3 is 30.8 Å². The summed E-state index contributed by atoms with van der Waals surface area (Å²) in [5.41, 5.74) is -1.88. The summed E-state index contributed by atoms with van der Waals surface area (Å²) < 4.78 is 0. The minimum Gasteiger partial charge on any atom is -0.481 e. The van der Waals surface area contributed by atoms with E-state index in [9.17, 15) is 30.0 Å². The molecule has 8 heteroatoms. The van der Waals surface area contributed by atoms with Crippen LogP contribution in [0, 0.1) is 0 Å². The van der Waals surface area contributed by atoms with Gasteiger partial charge in [0.05, 0.1) is 12.2 Å². The molecule has 0 aliphatic heterocycles. The van der Waals surface area contributed by atoms with E-state index in [2.05, 4.69) is 5.32 Å². The van der Waals surface area contributed by atoms with E-state index in [0.29, 0.717) is 19.4 Å². The van der Waals surface area contributed by atoms with Crippen molar-refractivity contribution in [1.29, 1.82) is 0 Å². The molecule has 6 N–H and O–H groups in total. The van der Waals surface area contributed by atoms with Gasteiger partial charge in [0.15, 0.2) is 0 Å². The predicted octanol–water partition coefficient (Wildman–Crippen LogP) is -0.865. The number of carbonyl (C=O) groups is 2. The third kappa shape index (κ3) is 6.42. The first-order valence-electron chi connectivity index (χ1n) is 8.03. The van der Waals surface area contributed by atoms with Gasteiger partial charge in [-0.3, -0.25) is 9.59 Å². The molecule has 0 spiro atoms. The van der Waals surface area contributed by atoms with Crippen molar-refractivity contribution in [3.63, 3.8) is 0 Å². The molecule has 0 radical (unpaired) electrons. The lowest BCUT2D eigenvalue weighted by Crippen LogP contribution is -2.59. The van der Waals surface area contributed by atoms with E-state index in [1.165, 1.54) is 0 Å². The number of unbranched alkanes of at least 4 members (excludes halogenated alkanes) is 4. The smallest absolute Gasteiger partial charge is 0.303 e. The van der Waals surface area contributed by atoms with Crippen molar-refractivity contribution in [2.75, 3.05) is 6.54 Å². The molecule has 0 unspecified atom stereocenters. The Kier molecular flexibility index (Phi) is 7.90. The first-order chi connectivity index (χ1) is 10.8. The maximum absolute atomic E-state index is 12.0. The second kappa shape index (κ2) is 9.17. The van der Waals surface area contributed by atoms with E-state index in [-0.39, 0.29) is 19.3 Å². The van der Waals surface area contributed by atoms with Crippen LogP contribution in [0.5, 0.6) is 0 Å². The number of nitrogens with one attached hydrogen (secondary N) is 1. The SMILES string of the molecule is O=C(O)CCCCCCCNC(=O)[C@]1(O)C[C@@H](O)[C@@H](O)[C@H](O)C1. The lowest BCUT2D eigenvalue weighted by atomic mass is 9.79. The quantitative estimate of drug-likeness (QED) is 0.301. The minimum absolute atomic E-state index is 0.167. The number of carboxylic acids is 1. The molecule has 0 aromatic rings. The molecule has 0 aromatic carbocycles. The zero-order valence-electron chi connectivity index (χ0n) is 13.1. The lowest BCUT2D eigenvalue weighted by molar-refractivity contribution is -0.172. The summed E-state index contributed by atoms with van der Waals surface area (Å²) in [6, 6.07) is 0. The van der Waals surface area contributed by atoms with Crippen LogP contribution in [0.2, 0.25) is 0 Å². The Morgan fingerprint density at radius 3 is 2.04 bits per heavy atom. The van der Waals surface area contributed by atoms with Crippen LogP contribution < -0.4 is 5.32 Å². The molecule has 1 amide bonds. The highest BCUT2D eigenvalue weighted by Gasteiger charge is 2.48. The normalized spacial score (nSPS) is 30.9. The Morgan fingerprint density at radius 1 is 0.957 bits per heavy atom. The second-order valence-electron chi connectivity index (χ2n) is 6.23. The molecule has 8 nitrogen and oxygen atoms in total. The maximum Gasteiger partial charge on any atom is 0.303 e. The van der Waals surface area contributed by atoms with E-state index in [1.807, 2.05) is 0 Å². The van der Waals surface area contributed by atoms with Gasteiger partial charge in [0, 0.05) is 25.8 Å². The molecule has 2 atom stereocenters. The number of hydrogen-bond acceptors (Lipinski definition) is 6. The zero-order valence-corrected chi connectivity index (χ0v) is 13.1. The molecular formula is C15H27NO7. The molecule has 1 fully saturated rings. The molecule has 1 rings (SSSR count). The number of hydrogen-bond donors (Lipinski definition) is 6. The molecule has 0 heterocycles. The van der Waals surface area contributed by atoms with Gasteiger partial charge >= 0.3 is 5.97 Å². The fourth-order valence-corrected chi connectivity index (χ4v) is 2.76. The highest BCUT2D eigenvalue weighted by atomic mass is 16.4. The summed E-state index contributed by atoms with van der Waals surface area (Å²) in [6.07, 6.45) is -0.637. The standard InChI is InChI=1S/C15H27NO7/c17-10-8-15(23,9-11(18)13(10)21)14(22)16-7-5-3-1-2-4-6-12(19)20/h10-11,13,17-18,21,23H,1-9H2,(H,16,22)(H,19,20)/t10-,11-,13-,15+/m1/s1. The molecule has 0 bridgehead atoms. The fourth-order valence-electron chi connectivity index (χ4n) is 2.76. The number of carbonyl (C=O) groups excluding carboxylic acids is 1. The van der Waals surface area contributed by atoms with Gasteiger partial charge in [-0.05, 0) is 12.8 Å². The number of rotatable bonds is 9. The number of amides is 1. The fraction of sp³-hybridized carbons (Fsp3) is 0.867. The monoisotopic (exact) mass is 333 g/mol. The van der Waals surface area contributed by atoms with Crippen molar-refractivity contribution in [3.8, 4) is 0 Å². The van der Waals surface area contributed by atoms with Crippen molar-refractivity contribution in [1.82, 2.24) is 5.32 Å². The average molecular weight is 333 g/mol. The van der Waals surface area contributed by atoms with Crippen molar-refractivity contribution in [3.05, 3.63) is 0 Å². The van der Waals surface area contributed by atoms with E-state index in [4.69, 9.17) is 5.11 Å². The average Bonchev–Trinajstić information content (AvgIpc) is 2.46. The van der Waals surface area contributed by atoms with Crippen LogP contribution in [-0.4, -0.2) is 67.9 Å². The summed E-state index contributed by atoms with van der Waals surface area (Å²) in [5.74, 6) is -1.46. The zero-order chi connectivity index (χ0) is 17.5. The summed E-state index contributed by atoms with van der Waals surface area (Å²) in [7, 11) is 0. The number of aliphatic carboxylic acids is 1. The van der Waals surface area contributed by atoms with Crippen LogP contribution in [0.25, 0.3) is 0 Å². The molecule has 134 valence electrons. The van der Waals surface area contributed by atoms with E-state index < -0.39 is 35.8 Å².